The van der Waals surface area contributed by atoms with E-state index in [0.717, 1.165) is 42.2 Å². The monoisotopic (exact) mass is 600 g/mol. The molecular formula is C27H22F6N2O5S. The van der Waals surface area contributed by atoms with E-state index in [0.29, 0.717) is 10.5 Å². The van der Waals surface area contributed by atoms with Gasteiger partial charge in [0.2, 0.25) is 0 Å². The predicted molar refractivity (Wildman–Crippen MR) is 139 cm³/mol. The van der Waals surface area contributed by atoms with Gasteiger partial charge in [0.15, 0.2) is 17.6 Å². The minimum Gasteiger partial charge on any atom is -0.453 e. The first-order valence-corrected chi connectivity index (χ1v) is 13.2. The number of aromatic amines is 1. The average molecular weight is 601 g/mol. The third kappa shape index (κ3) is 5.98. The van der Waals surface area contributed by atoms with E-state index in [9.17, 15) is 41.0 Å². The van der Waals surface area contributed by atoms with Crippen LogP contribution in [0.2, 0.25) is 0 Å². The second kappa shape index (κ2) is 10.6. The van der Waals surface area contributed by atoms with Crippen LogP contribution in [0.3, 0.4) is 0 Å². The summed E-state index contributed by atoms with van der Waals surface area (Å²) in [4.78, 5) is 26.9. The van der Waals surface area contributed by atoms with Crippen molar-refractivity contribution in [1.82, 2.24) is 9.55 Å². The lowest BCUT2D eigenvalue weighted by molar-refractivity contribution is -0.275. The molecular weight excluding hydrogens is 578 g/mol. The van der Waals surface area contributed by atoms with Gasteiger partial charge in [-0.05, 0) is 72.7 Å². The number of H-pyrrole nitrogens is 1. The molecule has 5 rings (SSSR count). The highest BCUT2D eigenvalue weighted by molar-refractivity contribution is 7.22. The second-order valence-corrected chi connectivity index (χ2v) is 10.7. The SMILES string of the molecule is Cc1c(-c2ccc(Oc3ccc(C4CCC4)cc3)c(OC(F)(F)F)c2)sc2c1c(=O)[nH]c(=O)n2C[C@@H](O)C(F)(F)F. The molecule has 2 N–H and O–H groups in total. The molecule has 1 aliphatic carbocycles. The van der Waals surface area contributed by atoms with E-state index < -0.39 is 42.2 Å². The largest absolute Gasteiger partial charge is 0.573 e. The highest BCUT2D eigenvalue weighted by Gasteiger charge is 2.39. The van der Waals surface area contributed by atoms with Crippen LogP contribution in [0.4, 0.5) is 26.3 Å². The quantitative estimate of drug-likeness (QED) is 0.233. The van der Waals surface area contributed by atoms with Crippen LogP contribution in [0.15, 0.2) is 52.1 Å². The molecule has 7 nitrogen and oxygen atoms in total. The van der Waals surface area contributed by atoms with E-state index in [4.69, 9.17) is 4.74 Å². The molecule has 2 aromatic heterocycles. The predicted octanol–water partition coefficient (Wildman–Crippen LogP) is 6.61. The Morgan fingerprint density at radius 1 is 1.05 bits per heavy atom. The van der Waals surface area contributed by atoms with Gasteiger partial charge in [-0.25, -0.2) is 4.79 Å². The molecule has 0 amide bonds. The maximum absolute atomic E-state index is 13.3. The van der Waals surface area contributed by atoms with Crippen LogP contribution in [0.1, 0.15) is 36.3 Å². The van der Waals surface area contributed by atoms with Crippen molar-refractivity contribution >= 4 is 21.6 Å². The van der Waals surface area contributed by atoms with Crippen molar-refractivity contribution in [2.24, 2.45) is 0 Å². The molecule has 0 spiro atoms. The van der Waals surface area contributed by atoms with Crippen LogP contribution >= 0.6 is 11.3 Å². The van der Waals surface area contributed by atoms with Gasteiger partial charge in [-0.2, -0.15) is 13.2 Å². The number of nitrogens with one attached hydrogen (secondary N) is 1. The molecule has 4 aromatic rings. The van der Waals surface area contributed by atoms with E-state index in [2.05, 4.69) is 4.74 Å². The number of aromatic nitrogens is 2. The Labute approximate surface area is 231 Å². The zero-order chi connectivity index (χ0) is 29.7. The third-order valence-electron chi connectivity index (χ3n) is 6.92. The average Bonchev–Trinajstić information content (AvgIpc) is 3.18. The molecule has 2 heterocycles. The molecule has 1 atom stereocenters. The number of halogens is 6. The van der Waals surface area contributed by atoms with Crippen LogP contribution in [-0.4, -0.2) is 33.3 Å². The zero-order valence-electron chi connectivity index (χ0n) is 21.2. The minimum absolute atomic E-state index is 0.130. The summed E-state index contributed by atoms with van der Waals surface area (Å²) < 4.78 is 89.4. The molecule has 0 unspecified atom stereocenters. The number of aliphatic hydroxyl groups is 1. The second-order valence-electron chi connectivity index (χ2n) is 9.67. The van der Waals surface area contributed by atoms with Gasteiger partial charge in [0.05, 0.1) is 11.9 Å². The highest BCUT2D eigenvalue weighted by Crippen LogP contribution is 2.43. The van der Waals surface area contributed by atoms with Crippen LogP contribution in [0.5, 0.6) is 17.2 Å². The summed E-state index contributed by atoms with van der Waals surface area (Å²) in [5, 5.41) is 9.40. The number of fused-ring (bicyclic) bond motifs is 1. The van der Waals surface area contributed by atoms with Crippen LogP contribution in [0, 0.1) is 6.92 Å². The number of hydrogen-bond acceptors (Lipinski definition) is 6. The smallest absolute Gasteiger partial charge is 0.453 e. The fraction of sp³-hybridized carbons (Fsp3) is 0.333. The van der Waals surface area contributed by atoms with E-state index in [1.54, 1.807) is 12.1 Å². The van der Waals surface area contributed by atoms with Gasteiger partial charge in [-0.3, -0.25) is 14.3 Å². The molecule has 14 heteroatoms. The summed E-state index contributed by atoms with van der Waals surface area (Å²) >= 11 is 0.720. The number of ether oxygens (including phenoxy) is 2. The number of benzene rings is 2. The first-order chi connectivity index (χ1) is 19.2. The van der Waals surface area contributed by atoms with Crippen molar-refractivity contribution in [3.63, 3.8) is 0 Å². The Morgan fingerprint density at radius 2 is 1.73 bits per heavy atom. The van der Waals surface area contributed by atoms with Gasteiger partial charge >= 0.3 is 18.2 Å². The lowest BCUT2D eigenvalue weighted by Crippen LogP contribution is -2.38. The Balaban J connectivity index is 1.55. The van der Waals surface area contributed by atoms with Gasteiger partial charge in [0.1, 0.15) is 10.6 Å². The Kier molecular flexibility index (Phi) is 7.40. The van der Waals surface area contributed by atoms with Crippen molar-refractivity contribution in [1.29, 1.82) is 0 Å². The molecule has 41 heavy (non-hydrogen) atoms. The van der Waals surface area contributed by atoms with Gasteiger partial charge in [0.25, 0.3) is 5.56 Å². The fourth-order valence-corrected chi connectivity index (χ4v) is 5.92. The summed E-state index contributed by atoms with van der Waals surface area (Å²) in [5.41, 5.74) is -0.612. The standard InChI is InChI=1S/C27H22F6N2O5S/c1-13-21-23(37)34-25(38)35(12-20(36)26(28,29)30)24(21)41-22(13)16-7-10-18(19(11-16)40-27(31,32)33)39-17-8-5-15(6-9-17)14-3-2-4-14/h5-11,14,20,36H,2-4,12H2,1H3,(H,34,37,38)/t20-/m1/s1. The van der Waals surface area contributed by atoms with E-state index >= 15 is 0 Å². The molecule has 1 fully saturated rings. The third-order valence-corrected chi connectivity index (χ3v) is 8.28. The van der Waals surface area contributed by atoms with Crippen LogP contribution in [0.25, 0.3) is 20.7 Å². The Hall–Kier alpha value is -3.78. The van der Waals surface area contributed by atoms with Crippen molar-refractivity contribution in [3.05, 3.63) is 74.4 Å². The summed E-state index contributed by atoms with van der Waals surface area (Å²) in [6.45, 7) is 0.251. The molecule has 218 valence electrons. The summed E-state index contributed by atoms with van der Waals surface area (Å²) in [5.74, 6) is -0.194. The number of thiophene rings is 1. The summed E-state index contributed by atoms with van der Waals surface area (Å²) in [7, 11) is 0. The number of aliphatic hydroxyl groups excluding tert-OH is 1. The van der Waals surface area contributed by atoms with Crippen molar-refractivity contribution < 1.29 is 40.9 Å². The first-order valence-electron chi connectivity index (χ1n) is 12.4. The molecule has 2 aromatic carbocycles. The summed E-state index contributed by atoms with van der Waals surface area (Å²) in [6, 6.07) is 10.7. The Morgan fingerprint density at radius 3 is 2.32 bits per heavy atom. The van der Waals surface area contributed by atoms with Gasteiger partial charge in [-0.15, -0.1) is 24.5 Å². The van der Waals surface area contributed by atoms with Gasteiger partial charge < -0.3 is 14.6 Å². The number of rotatable bonds is 7. The first kappa shape index (κ1) is 28.7. The van der Waals surface area contributed by atoms with Crippen molar-refractivity contribution in [2.75, 3.05) is 0 Å². The lowest BCUT2D eigenvalue weighted by Gasteiger charge is -2.25. The number of alkyl halides is 6. The molecule has 0 bridgehead atoms. The van der Waals surface area contributed by atoms with Gasteiger partial charge in [0, 0.05) is 4.88 Å². The molecule has 1 saturated carbocycles. The maximum atomic E-state index is 13.3. The topological polar surface area (TPSA) is 93.5 Å². The number of nitrogens with zero attached hydrogens (tertiary/aromatic N) is 1. The lowest BCUT2D eigenvalue weighted by atomic mass is 9.80. The van der Waals surface area contributed by atoms with Crippen LogP contribution in [-0.2, 0) is 6.54 Å². The highest BCUT2D eigenvalue weighted by atomic mass is 32.1. The zero-order valence-corrected chi connectivity index (χ0v) is 22.0. The fourth-order valence-electron chi connectivity index (χ4n) is 4.61. The van der Waals surface area contributed by atoms with Crippen LogP contribution < -0.4 is 20.7 Å². The normalized spacial score (nSPS) is 15.1. The van der Waals surface area contributed by atoms with E-state index in [-0.39, 0.29) is 37.7 Å². The molecule has 1 aliphatic rings. The van der Waals surface area contributed by atoms with E-state index in [1.165, 1.54) is 19.1 Å². The Bertz CT molecular complexity index is 1700. The molecule has 0 radical (unpaired) electrons. The van der Waals surface area contributed by atoms with E-state index in [1.807, 2.05) is 17.1 Å². The number of hydrogen-bond donors (Lipinski definition) is 2. The maximum Gasteiger partial charge on any atom is 0.573 e. The summed E-state index contributed by atoms with van der Waals surface area (Å²) in [6.07, 6.45) is -9.71. The number of aryl methyl sites for hydroxylation is 1. The minimum atomic E-state index is -5.08. The van der Waals surface area contributed by atoms with Crippen molar-refractivity contribution in [3.8, 4) is 27.7 Å². The molecule has 0 saturated heterocycles. The van der Waals surface area contributed by atoms with Crippen molar-refractivity contribution in [2.45, 2.75) is 57.3 Å². The molecule has 0 aliphatic heterocycles. The van der Waals surface area contributed by atoms with Gasteiger partial charge in [-0.1, -0.05) is 18.6 Å².